The van der Waals surface area contributed by atoms with Gasteiger partial charge in [0, 0.05) is 43.1 Å². The maximum absolute atomic E-state index is 14.0. The third-order valence-corrected chi connectivity index (χ3v) is 12.1. The second-order valence-corrected chi connectivity index (χ2v) is 20.4. The number of hydrogen-bond acceptors (Lipinski definition) is 18. The van der Waals surface area contributed by atoms with E-state index in [0.717, 1.165) is 55.0 Å². The Morgan fingerprint density at radius 3 is 1.53 bits per heavy atom. The number of ether oxygens (including phenoxy) is 11. The van der Waals surface area contributed by atoms with E-state index in [1.165, 1.54) is 23.3 Å². The average Bonchev–Trinajstić information content (AvgIpc) is 3.65. The number of rotatable bonds is 46. The lowest BCUT2D eigenvalue weighted by atomic mass is 10.1. The molecule has 18 nitrogen and oxygen atoms in total. The molecule has 0 radical (unpaired) electrons. The van der Waals surface area contributed by atoms with Crippen molar-refractivity contribution in [3.05, 3.63) is 56.8 Å². The minimum absolute atomic E-state index is 0.0206. The van der Waals surface area contributed by atoms with Gasteiger partial charge in [0.1, 0.15) is 11.4 Å². The smallest absolute Gasteiger partial charge is 0.308 e. The highest BCUT2D eigenvalue weighted by Gasteiger charge is 2.23. The fourth-order valence-corrected chi connectivity index (χ4v) is 8.45. The van der Waals surface area contributed by atoms with Crippen LogP contribution in [0.2, 0.25) is 0 Å². The number of thiophene rings is 1. The number of nitrogens with zero attached hydrogens (tertiary/aromatic N) is 4. The van der Waals surface area contributed by atoms with E-state index in [4.69, 9.17) is 62.8 Å². The molecule has 19 heteroatoms. The van der Waals surface area contributed by atoms with Crippen LogP contribution in [0.4, 0.5) is 5.69 Å². The van der Waals surface area contributed by atoms with Crippen LogP contribution in [0.25, 0.3) is 6.08 Å². The van der Waals surface area contributed by atoms with Crippen LogP contribution < -0.4 is 5.73 Å². The summed E-state index contributed by atoms with van der Waals surface area (Å²) in [7, 11) is 6.31. The Labute approximate surface area is 447 Å². The molecular formula is C55H93N5O13S. The molecule has 422 valence electrons. The van der Waals surface area contributed by atoms with Crippen molar-refractivity contribution in [1.29, 1.82) is 0 Å². The van der Waals surface area contributed by atoms with Gasteiger partial charge in [-0.2, -0.15) is 0 Å². The van der Waals surface area contributed by atoms with Gasteiger partial charge in [0.15, 0.2) is 0 Å². The highest BCUT2D eigenvalue weighted by Crippen LogP contribution is 2.35. The van der Waals surface area contributed by atoms with E-state index in [9.17, 15) is 9.59 Å². The Bertz CT molecular complexity index is 1820. The minimum atomic E-state index is -0.482. The molecule has 74 heavy (non-hydrogen) atoms. The summed E-state index contributed by atoms with van der Waals surface area (Å²) in [6, 6.07) is 10.7. The lowest BCUT2D eigenvalue weighted by Gasteiger charge is -2.24. The molecule has 0 aliphatic carbocycles. The molecule has 0 bridgehead atoms. The molecule has 2 aromatic rings. The van der Waals surface area contributed by atoms with E-state index >= 15 is 0 Å². The van der Waals surface area contributed by atoms with Crippen LogP contribution >= 0.6 is 11.3 Å². The SMILES string of the molecule is CCCN(Cc1ccc(CN(C)CCOCCOCCOCCOCCOCCOCCOCCOCCOCCOCCC(=O)OC(C)(C)C)cc1)C(=O)C1=Cc2sc(CCCCCN(C)C)cc2N=C(N)C1. The van der Waals surface area contributed by atoms with Gasteiger partial charge in [0.25, 0.3) is 5.91 Å². The number of carbonyl (C=O) groups excluding carboxylic acids is 2. The number of aliphatic imine (C=N–C) groups is 1. The number of unbranched alkanes of at least 4 members (excludes halogenated alkanes) is 2. The van der Waals surface area contributed by atoms with Gasteiger partial charge in [-0.25, -0.2) is 4.99 Å². The first-order chi connectivity index (χ1) is 35.8. The Morgan fingerprint density at radius 1 is 0.608 bits per heavy atom. The topological polar surface area (TPSA) is 184 Å². The highest BCUT2D eigenvalue weighted by atomic mass is 32.1. The molecule has 0 saturated carbocycles. The van der Waals surface area contributed by atoms with Gasteiger partial charge in [0.05, 0.1) is 149 Å². The molecule has 0 saturated heterocycles. The fourth-order valence-electron chi connectivity index (χ4n) is 7.34. The highest BCUT2D eigenvalue weighted by molar-refractivity contribution is 7.13. The first kappa shape index (κ1) is 64.9. The minimum Gasteiger partial charge on any atom is -0.460 e. The van der Waals surface area contributed by atoms with Crippen LogP contribution in [0.1, 0.15) is 87.1 Å². The zero-order valence-corrected chi connectivity index (χ0v) is 47.0. The Balaban J connectivity index is 1.08. The standard InChI is InChI=1S/C55H93N5O13S/c1-8-18-60(54(62)48-41-51-50(57-52(56)42-48)43-49(74-51)12-10-9-11-19-58(5)6)45-47-15-13-46(14-16-47)44-59(7)20-22-64-24-26-66-28-30-68-32-34-70-36-38-72-40-39-71-37-35-69-33-31-67-29-27-65-25-23-63-21-17-53(61)73-55(2,3)4/h13-16,41,43H,8-12,17-40,42,44-45H2,1-7H3,(H2,56,57). The van der Waals surface area contributed by atoms with Crippen molar-refractivity contribution in [2.45, 2.75) is 91.3 Å². The Kier molecular flexibility index (Phi) is 35.8. The number of amides is 1. The number of likely N-dealkylation sites (N-methyl/N-ethyl adjacent to an activating group) is 1. The molecule has 0 atom stereocenters. The monoisotopic (exact) mass is 1060 g/mol. The summed E-state index contributed by atoms with van der Waals surface area (Å²) in [5.41, 5.74) is 9.76. The average molecular weight is 1060 g/mol. The number of esters is 1. The van der Waals surface area contributed by atoms with Gasteiger partial charge < -0.3 is 67.6 Å². The van der Waals surface area contributed by atoms with Crippen LogP contribution in [-0.2, 0) is 81.2 Å². The van der Waals surface area contributed by atoms with Crippen LogP contribution in [0.15, 0.2) is 40.9 Å². The van der Waals surface area contributed by atoms with Crippen molar-refractivity contribution in [1.82, 2.24) is 14.7 Å². The van der Waals surface area contributed by atoms with Crippen LogP contribution in [0, 0.1) is 0 Å². The third kappa shape index (κ3) is 32.9. The normalized spacial score (nSPS) is 12.8. The molecule has 0 unspecified atom stereocenters. The number of nitrogens with two attached hydrogens (primary N) is 1. The van der Waals surface area contributed by atoms with Gasteiger partial charge in [0.2, 0.25) is 0 Å². The van der Waals surface area contributed by atoms with E-state index in [0.29, 0.717) is 163 Å². The Hall–Kier alpha value is -3.41. The molecule has 1 aliphatic rings. The lowest BCUT2D eigenvalue weighted by molar-refractivity contribution is -0.156. The number of aryl methyl sites for hydroxylation is 1. The molecule has 2 N–H and O–H groups in total. The molecular weight excluding hydrogens is 971 g/mol. The van der Waals surface area contributed by atoms with Crippen molar-refractivity contribution in [2.24, 2.45) is 10.7 Å². The van der Waals surface area contributed by atoms with Gasteiger partial charge in [-0.05, 0) is 97.4 Å². The second kappa shape index (κ2) is 40.8. The fraction of sp³-hybridized carbons (Fsp3) is 0.727. The van der Waals surface area contributed by atoms with Crippen LogP contribution in [0.5, 0.6) is 0 Å². The lowest BCUT2D eigenvalue weighted by Crippen LogP contribution is -2.33. The maximum atomic E-state index is 14.0. The zero-order chi connectivity index (χ0) is 53.5. The van der Waals surface area contributed by atoms with Crippen molar-refractivity contribution < 1.29 is 61.7 Å². The summed E-state index contributed by atoms with van der Waals surface area (Å²) >= 11 is 1.73. The summed E-state index contributed by atoms with van der Waals surface area (Å²) in [5, 5.41) is 0. The van der Waals surface area contributed by atoms with Crippen molar-refractivity contribution >= 4 is 40.8 Å². The van der Waals surface area contributed by atoms with E-state index in [1.807, 2.05) is 31.7 Å². The molecule has 1 aromatic heterocycles. The maximum Gasteiger partial charge on any atom is 0.308 e. The van der Waals surface area contributed by atoms with Gasteiger partial charge >= 0.3 is 5.97 Å². The quantitative estimate of drug-likeness (QED) is 0.0555. The van der Waals surface area contributed by atoms with Crippen LogP contribution in [-0.4, -0.2) is 211 Å². The van der Waals surface area contributed by atoms with Crippen molar-refractivity contribution in [2.75, 3.05) is 173 Å². The van der Waals surface area contributed by atoms with E-state index in [1.54, 1.807) is 11.3 Å². The molecule has 0 fully saturated rings. The number of carbonyl (C=O) groups is 2. The molecule has 1 aromatic carbocycles. The van der Waals surface area contributed by atoms with Gasteiger partial charge in [-0.3, -0.25) is 14.5 Å². The van der Waals surface area contributed by atoms with Crippen molar-refractivity contribution in [3.63, 3.8) is 0 Å². The summed E-state index contributed by atoms with van der Waals surface area (Å²) in [5.74, 6) is 0.234. The predicted molar refractivity (Wildman–Crippen MR) is 291 cm³/mol. The predicted octanol–water partition coefficient (Wildman–Crippen LogP) is 6.57. The summed E-state index contributed by atoms with van der Waals surface area (Å²) in [6.07, 6.45) is 8.01. The molecule has 1 aliphatic heterocycles. The zero-order valence-electron chi connectivity index (χ0n) is 46.2. The number of amidine groups is 1. The third-order valence-electron chi connectivity index (χ3n) is 11.0. The summed E-state index contributed by atoms with van der Waals surface area (Å²) in [6.45, 7) is 21.1. The largest absolute Gasteiger partial charge is 0.460 e. The van der Waals surface area contributed by atoms with Crippen molar-refractivity contribution in [3.8, 4) is 0 Å². The molecule has 2 heterocycles. The molecule has 1 amide bonds. The van der Waals surface area contributed by atoms with Gasteiger partial charge in [-0.15, -0.1) is 11.3 Å². The first-order valence-corrected chi connectivity index (χ1v) is 27.5. The number of hydrogen-bond donors (Lipinski definition) is 1. The first-order valence-electron chi connectivity index (χ1n) is 26.7. The van der Waals surface area contributed by atoms with E-state index < -0.39 is 5.60 Å². The Morgan fingerprint density at radius 2 is 1.07 bits per heavy atom. The van der Waals surface area contributed by atoms with Crippen LogP contribution in [0.3, 0.4) is 0 Å². The second-order valence-electron chi connectivity index (χ2n) is 19.3. The summed E-state index contributed by atoms with van der Waals surface area (Å²) < 4.78 is 60.7. The molecule has 3 rings (SSSR count). The van der Waals surface area contributed by atoms with E-state index in [2.05, 4.69) is 68.2 Å². The number of fused-ring (bicyclic) bond motifs is 1. The van der Waals surface area contributed by atoms with E-state index in [-0.39, 0.29) is 18.3 Å². The summed E-state index contributed by atoms with van der Waals surface area (Å²) in [4.78, 5) is 39.0. The molecule has 0 spiro atoms. The number of benzene rings is 1. The van der Waals surface area contributed by atoms with Gasteiger partial charge in [-0.1, -0.05) is 37.6 Å².